The summed E-state index contributed by atoms with van der Waals surface area (Å²) in [7, 11) is 0. The zero-order chi connectivity index (χ0) is 9.03. The third kappa shape index (κ3) is 3.14. The molecule has 1 rings (SSSR count). The lowest BCUT2D eigenvalue weighted by Gasteiger charge is -2.15. The van der Waals surface area contributed by atoms with Crippen LogP contribution in [0.25, 0.3) is 0 Å². The minimum atomic E-state index is 0.673. The van der Waals surface area contributed by atoms with Crippen LogP contribution in [0.5, 0.6) is 0 Å². The molecule has 0 heterocycles. The van der Waals surface area contributed by atoms with Gasteiger partial charge in [0.1, 0.15) is 0 Å². The summed E-state index contributed by atoms with van der Waals surface area (Å²) < 4.78 is 0. The lowest BCUT2D eigenvalue weighted by atomic mass is 10.0. The molecule has 0 unspecified atom stereocenters. The van der Waals surface area contributed by atoms with Crippen molar-refractivity contribution in [2.45, 2.75) is 46.5 Å². The summed E-state index contributed by atoms with van der Waals surface area (Å²) in [6.45, 7) is 9.42. The second-order valence-corrected chi connectivity index (χ2v) is 4.62. The first-order valence-corrected chi connectivity index (χ1v) is 5.41. The van der Waals surface area contributed by atoms with Crippen LogP contribution in [0.15, 0.2) is 0 Å². The quantitative estimate of drug-likeness (QED) is 0.644. The van der Waals surface area contributed by atoms with E-state index in [9.17, 15) is 0 Å². The number of hydrogen-bond acceptors (Lipinski definition) is 1. The predicted octanol–water partition coefficient (Wildman–Crippen LogP) is 2.81. The summed E-state index contributed by atoms with van der Waals surface area (Å²) in [6.07, 6.45) is 5.51. The van der Waals surface area contributed by atoms with Gasteiger partial charge in [-0.1, -0.05) is 33.6 Å². The minimum Gasteiger partial charge on any atom is -0.316 e. The summed E-state index contributed by atoms with van der Waals surface area (Å²) in [4.78, 5) is 0. The van der Waals surface area contributed by atoms with Gasteiger partial charge < -0.3 is 5.32 Å². The Labute approximate surface area is 76.9 Å². The molecule has 1 heteroatoms. The molecule has 0 aromatic heterocycles. The summed E-state index contributed by atoms with van der Waals surface area (Å²) in [6, 6.07) is 0. The van der Waals surface area contributed by atoms with Gasteiger partial charge in [-0.2, -0.15) is 0 Å². The number of hydrogen-bond donors (Lipinski definition) is 1. The molecule has 0 radical (unpaired) electrons. The van der Waals surface area contributed by atoms with Crippen LogP contribution in [0.3, 0.4) is 0 Å². The second-order valence-electron chi connectivity index (χ2n) is 4.62. The van der Waals surface area contributed by atoms with Crippen molar-refractivity contribution in [3.05, 3.63) is 0 Å². The highest BCUT2D eigenvalue weighted by atomic mass is 14.9. The van der Waals surface area contributed by atoms with E-state index in [1.165, 1.54) is 38.8 Å². The second kappa shape index (κ2) is 4.27. The fourth-order valence-corrected chi connectivity index (χ4v) is 1.55. The fraction of sp³-hybridized carbons (Fsp3) is 1.00. The molecule has 1 N–H and O–H groups in total. The molecule has 0 amide bonds. The maximum atomic E-state index is 3.59. The van der Waals surface area contributed by atoms with E-state index >= 15 is 0 Å². The highest BCUT2D eigenvalue weighted by Crippen LogP contribution is 2.44. The average molecular weight is 169 g/mol. The van der Waals surface area contributed by atoms with E-state index in [4.69, 9.17) is 0 Å². The molecule has 12 heavy (non-hydrogen) atoms. The van der Waals surface area contributed by atoms with Gasteiger partial charge in [0.25, 0.3) is 0 Å². The van der Waals surface area contributed by atoms with Crippen LogP contribution in [0.1, 0.15) is 46.5 Å². The number of rotatable bonds is 6. The van der Waals surface area contributed by atoms with Crippen molar-refractivity contribution in [3.63, 3.8) is 0 Å². The van der Waals surface area contributed by atoms with Crippen molar-refractivity contribution in [2.75, 3.05) is 13.1 Å². The highest BCUT2D eigenvalue weighted by molar-refractivity contribution is 4.90. The lowest BCUT2D eigenvalue weighted by Crippen LogP contribution is -2.27. The van der Waals surface area contributed by atoms with Gasteiger partial charge in [-0.05, 0) is 30.7 Å². The van der Waals surface area contributed by atoms with E-state index in [1.807, 2.05) is 0 Å². The van der Waals surface area contributed by atoms with Gasteiger partial charge in [0, 0.05) is 6.54 Å². The SMILES string of the molecule is CCC(CC)CNCC1(C)CC1. The van der Waals surface area contributed by atoms with Crippen molar-refractivity contribution in [2.24, 2.45) is 11.3 Å². The average Bonchev–Trinajstić information content (AvgIpc) is 2.78. The molecule has 1 saturated carbocycles. The molecule has 0 saturated heterocycles. The Bertz CT molecular complexity index is 123. The Morgan fingerprint density at radius 1 is 1.25 bits per heavy atom. The van der Waals surface area contributed by atoms with Crippen LogP contribution in [-0.2, 0) is 0 Å². The van der Waals surface area contributed by atoms with Crippen molar-refractivity contribution >= 4 is 0 Å². The monoisotopic (exact) mass is 169 g/mol. The first-order chi connectivity index (χ1) is 5.70. The Morgan fingerprint density at radius 3 is 2.25 bits per heavy atom. The van der Waals surface area contributed by atoms with E-state index in [0.717, 1.165) is 5.92 Å². The molecule has 72 valence electrons. The topological polar surface area (TPSA) is 12.0 Å². The zero-order valence-corrected chi connectivity index (χ0v) is 8.82. The largest absolute Gasteiger partial charge is 0.316 e. The molecule has 0 aromatic carbocycles. The van der Waals surface area contributed by atoms with Gasteiger partial charge in [-0.3, -0.25) is 0 Å². The predicted molar refractivity (Wildman–Crippen MR) is 54.3 cm³/mol. The standard InChI is InChI=1S/C11H23N/c1-4-10(5-2)8-12-9-11(3)6-7-11/h10,12H,4-9H2,1-3H3. The smallest absolute Gasteiger partial charge is 0.000528 e. The van der Waals surface area contributed by atoms with Crippen LogP contribution in [0.4, 0.5) is 0 Å². The van der Waals surface area contributed by atoms with Crippen LogP contribution in [-0.4, -0.2) is 13.1 Å². The molecule has 1 aliphatic carbocycles. The molecule has 1 nitrogen and oxygen atoms in total. The van der Waals surface area contributed by atoms with Crippen molar-refractivity contribution in [1.29, 1.82) is 0 Å². The van der Waals surface area contributed by atoms with Crippen molar-refractivity contribution in [1.82, 2.24) is 5.32 Å². The van der Waals surface area contributed by atoms with Crippen molar-refractivity contribution in [3.8, 4) is 0 Å². The summed E-state index contributed by atoms with van der Waals surface area (Å²) in [5.41, 5.74) is 0.673. The maximum absolute atomic E-state index is 3.59. The maximum Gasteiger partial charge on any atom is 0.000528 e. The molecule has 1 fully saturated rings. The summed E-state index contributed by atoms with van der Waals surface area (Å²) in [5.74, 6) is 0.896. The molecular formula is C11H23N. The first-order valence-electron chi connectivity index (χ1n) is 5.41. The van der Waals surface area contributed by atoms with Gasteiger partial charge in [-0.15, -0.1) is 0 Å². The molecular weight excluding hydrogens is 146 g/mol. The van der Waals surface area contributed by atoms with E-state index in [2.05, 4.69) is 26.1 Å². The Morgan fingerprint density at radius 2 is 1.83 bits per heavy atom. The van der Waals surface area contributed by atoms with Crippen LogP contribution >= 0.6 is 0 Å². The van der Waals surface area contributed by atoms with Crippen molar-refractivity contribution < 1.29 is 0 Å². The van der Waals surface area contributed by atoms with E-state index in [1.54, 1.807) is 0 Å². The molecule has 0 aromatic rings. The molecule has 0 aliphatic heterocycles. The third-order valence-electron chi connectivity index (χ3n) is 3.24. The Kier molecular flexibility index (Phi) is 3.57. The minimum absolute atomic E-state index is 0.673. The zero-order valence-electron chi connectivity index (χ0n) is 8.82. The summed E-state index contributed by atoms with van der Waals surface area (Å²) >= 11 is 0. The summed E-state index contributed by atoms with van der Waals surface area (Å²) in [5, 5.41) is 3.59. The Balaban J connectivity index is 2.00. The van der Waals surface area contributed by atoms with Gasteiger partial charge in [0.05, 0.1) is 0 Å². The molecule has 1 aliphatic rings. The molecule has 0 bridgehead atoms. The Hall–Kier alpha value is -0.0400. The van der Waals surface area contributed by atoms with E-state index < -0.39 is 0 Å². The molecule has 0 spiro atoms. The molecule has 0 atom stereocenters. The van der Waals surface area contributed by atoms with Crippen LogP contribution < -0.4 is 5.32 Å². The van der Waals surface area contributed by atoms with Crippen LogP contribution in [0, 0.1) is 11.3 Å². The lowest BCUT2D eigenvalue weighted by molar-refractivity contribution is 0.413. The number of nitrogens with one attached hydrogen (secondary N) is 1. The van der Waals surface area contributed by atoms with Gasteiger partial charge >= 0.3 is 0 Å². The van der Waals surface area contributed by atoms with E-state index in [0.29, 0.717) is 5.41 Å². The third-order valence-corrected chi connectivity index (χ3v) is 3.24. The van der Waals surface area contributed by atoms with Gasteiger partial charge in [0.2, 0.25) is 0 Å². The van der Waals surface area contributed by atoms with E-state index in [-0.39, 0.29) is 0 Å². The highest BCUT2D eigenvalue weighted by Gasteiger charge is 2.36. The van der Waals surface area contributed by atoms with Gasteiger partial charge in [0.15, 0.2) is 0 Å². The van der Waals surface area contributed by atoms with Crippen LogP contribution in [0.2, 0.25) is 0 Å². The van der Waals surface area contributed by atoms with Gasteiger partial charge in [-0.25, -0.2) is 0 Å². The first kappa shape index (κ1) is 10.0. The normalized spacial score (nSPS) is 20.0. The fourth-order valence-electron chi connectivity index (χ4n) is 1.55.